The molecule has 0 bridgehead atoms. The second-order valence-electron chi connectivity index (χ2n) is 20.6. The van der Waals surface area contributed by atoms with E-state index in [1.807, 2.05) is 0 Å². The van der Waals surface area contributed by atoms with Crippen LogP contribution in [0.2, 0.25) is 0 Å². The fourth-order valence-electron chi connectivity index (χ4n) is 8.82. The summed E-state index contributed by atoms with van der Waals surface area (Å²) in [5.74, 6) is -0.893. The van der Waals surface area contributed by atoms with Gasteiger partial charge in [0, 0.05) is 19.3 Å². The van der Waals surface area contributed by atoms with Crippen LogP contribution in [0.1, 0.15) is 310 Å². The van der Waals surface area contributed by atoms with E-state index in [-0.39, 0.29) is 31.1 Å². The molecular formula is C66H116O6. The number of carbonyl (C=O) groups is 3. The molecule has 0 spiro atoms. The summed E-state index contributed by atoms with van der Waals surface area (Å²) >= 11 is 0. The number of carbonyl (C=O) groups excluding carboxylic acids is 3. The SMILES string of the molecule is CC/C=C\C/C=C\C/C=C\C/C=C\CCCCCCCCC(=O)OC(COC(=O)CCCCCCCC)COC(=O)CCCCCCCCCCCCCCCCCCC/C=C\C/C=C\CCCCCCC. The van der Waals surface area contributed by atoms with Crippen LogP contribution in [-0.4, -0.2) is 37.2 Å². The summed E-state index contributed by atoms with van der Waals surface area (Å²) in [6.07, 6.45) is 78.0. The van der Waals surface area contributed by atoms with Crippen LogP contribution in [0.15, 0.2) is 72.9 Å². The number of ether oxygens (including phenoxy) is 3. The molecule has 0 radical (unpaired) electrons. The molecule has 6 heteroatoms. The summed E-state index contributed by atoms with van der Waals surface area (Å²) in [4.78, 5) is 37.9. The Morgan fingerprint density at radius 3 is 0.847 bits per heavy atom. The average molecular weight is 1010 g/mol. The van der Waals surface area contributed by atoms with E-state index >= 15 is 0 Å². The van der Waals surface area contributed by atoms with Gasteiger partial charge in [0.05, 0.1) is 0 Å². The lowest BCUT2D eigenvalue weighted by Gasteiger charge is -2.18. The van der Waals surface area contributed by atoms with Gasteiger partial charge in [-0.3, -0.25) is 14.4 Å². The molecule has 0 aliphatic heterocycles. The summed E-state index contributed by atoms with van der Waals surface area (Å²) in [6, 6.07) is 0. The third kappa shape index (κ3) is 57.7. The highest BCUT2D eigenvalue weighted by atomic mass is 16.6. The summed E-state index contributed by atoms with van der Waals surface area (Å²) in [7, 11) is 0. The second kappa shape index (κ2) is 60.4. The molecule has 0 N–H and O–H groups in total. The first-order chi connectivity index (χ1) is 35.5. The molecule has 0 aromatic rings. The number of hydrogen-bond donors (Lipinski definition) is 0. The van der Waals surface area contributed by atoms with E-state index in [9.17, 15) is 14.4 Å². The van der Waals surface area contributed by atoms with Crippen molar-refractivity contribution in [2.45, 2.75) is 316 Å². The molecule has 72 heavy (non-hydrogen) atoms. The van der Waals surface area contributed by atoms with Crippen LogP contribution in [0.3, 0.4) is 0 Å². The Kier molecular flexibility index (Phi) is 57.8. The molecule has 0 saturated heterocycles. The van der Waals surface area contributed by atoms with Gasteiger partial charge in [-0.2, -0.15) is 0 Å². The van der Waals surface area contributed by atoms with E-state index in [1.54, 1.807) is 0 Å². The van der Waals surface area contributed by atoms with Crippen LogP contribution in [0.4, 0.5) is 0 Å². The van der Waals surface area contributed by atoms with Gasteiger partial charge in [0.1, 0.15) is 13.2 Å². The summed E-state index contributed by atoms with van der Waals surface area (Å²) in [6.45, 7) is 6.47. The van der Waals surface area contributed by atoms with Gasteiger partial charge in [-0.25, -0.2) is 0 Å². The van der Waals surface area contributed by atoms with Crippen molar-refractivity contribution in [1.82, 2.24) is 0 Å². The Hall–Kier alpha value is -3.15. The average Bonchev–Trinajstić information content (AvgIpc) is 3.38. The topological polar surface area (TPSA) is 78.9 Å². The van der Waals surface area contributed by atoms with E-state index in [2.05, 4.69) is 93.7 Å². The quantitative estimate of drug-likeness (QED) is 0.0261. The van der Waals surface area contributed by atoms with Gasteiger partial charge in [0.2, 0.25) is 0 Å². The first-order valence-electron chi connectivity index (χ1n) is 30.9. The van der Waals surface area contributed by atoms with Gasteiger partial charge in [-0.1, -0.05) is 273 Å². The van der Waals surface area contributed by atoms with Crippen LogP contribution in [0, 0.1) is 0 Å². The zero-order chi connectivity index (χ0) is 52.2. The van der Waals surface area contributed by atoms with Gasteiger partial charge in [-0.15, -0.1) is 0 Å². The summed E-state index contributed by atoms with van der Waals surface area (Å²) in [5.41, 5.74) is 0. The summed E-state index contributed by atoms with van der Waals surface area (Å²) in [5, 5.41) is 0. The molecule has 0 aromatic carbocycles. The number of hydrogen-bond acceptors (Lipinski definition) is 6. The standard InChI is InChI=1S/C66H116O6/c1-4-7-10-13-16-18-20-22-24-26-28-29-30-31-32-33-34-35-36-37-39-40-42-44-46-48-50-53-56-59-65(68)71-62-63(61-70-64(67)58-55-52-15-12-9-6-3)72-66(69)60-57-54-51-49-47-45-43-41-38-27-25-23-21-19-17-14-11-8-5-2/h8,11,17,19-20,22-23,25-26,28,38,41,63H,4-7,9-10,12-16,18,21,24,27,29-37,39-40,42-62H2,1-3H3/b11-8-,19-17-,22-20-,25-23-,28-26-,41-38-. The molecular weight excluding hydrogens is 889 g/mol. The van der Waals surface area contributed by atoms with Crippen molar-refractivity contribution in [2.24, 2.45) is 0 Å². The molecule has 0 fully saturated rings. The predicted octanol–water partition coefficient (Wildman–Crippen LogP) is 20.9. The highest BCUT2D eigenvalue weighted by molar-refractivity contribution is 5.71. The van der Waals surface area contributed by atoms with Crippen LogP contribution >= 0.6 is 0 Å². The Labute approximate surface area is 446 Å². The lowest BCUT2D eigenvalue weighted by atomic mass is 10.0. The van der Waals surface area contributed by atoms with Crippen molar-refractivity contribution < 1.29 is 28.6 Å². The van der Waals surface area contributed by atoms with Crippen molar-refractivity contribution in [3.05, 3.63) is 72.9 Å². The first-order valence-corrected chi connectivity index (χ1v) is 30.9. The van der Waals surface area contributed by atoms with Crippen molar-refractivity contribution in [3.8, 4) is 0 Å². The van der Waals surface area contributed by atoms with Gasteiger partial charge in [0.25, 0.3) is 0 Å². The van der Waals surface area contributed by atoms with Gasteiger partial charge in [-0.05, 0) is 89.9 Å². The Morgan fingerprint density at radius 1 is 0.292 bits per heavy atom. The number of esters is 3. The van der Waals surface area contributed by atoms with Crippen molar-refractivity contribution in [2.75, 3.05) is 13.2 Å². The van der Waals surface area contributed by atoms with Crippen molar-refractivity contribution >= 4 is 17.9 Å². The maximum Gasteiger partial charge on any atom is 0.306 e. The monoisotopic (exact) mass is 1000 g/mol. The van der Waals surface area contributed by atoms with Crippen molar-refractivity contribution in [1.29, 1.82) is 0 Å². The third-order valence-corrected chi connectivity index (χ3v) is 13.4. The fraction of sp³-hybridized carbons (Fsp3) is 0.773. The Balaban J connectivity index is 4.05. The fourth-order valence-corrected chi connectivity index (χ4v) is 8.82. The van der Waals surface area contributed by atoms with Crippen molar-refractivity contribution in [3.63, 3.8) is 0 Å². The molecule has 0 saturated carbocycles. The molecule has 0 aliphatic rings. The lowest BCUT2D eigenvalue weighted by Crippen LogP contribution is -2.30. The van der Waals surface area contributed by atoms with E-state index < -0.39 is 6.10 Å². The molecule has 0 rings (SSSR count). The first kappa shape index (κ1) is 68.8. The molecule has 0 aromatic heterocycles. The third-order valence-electron chi connectivity index (χ3n) is 13.4. The largest absolute Gasteiger partial charge is 0.462 e. The lowest BCUT2D eigenvalue weighted by molar-refractivity contribution is -0.167. The molecule has 6 nitrogen and oxygen atoms in total. The van der Waals surface area contributed by atoms with E-state index in [0.717, 1.165) is 103 Å². The highest BCUT2D eigenvalue weighted by Gasteiger charge is 2.19. The predicted molar refractivity (Wildman–Crippen MR) is 311 cm³/mol. The minimum atomic E-state index is -0.779. The van der Waals surface area contributed by atoms with Crippen LogP contribution in [0.25, 0.3) is 0 Å². The van der Waals surface area contributed by atoms with E-state index in [4.69, 9.17) is 14.2 Å². The second-order valence-corrected chi connectivity index (χ2v) is 20.6. The van der Waals surface area contributed by atoms with Crippen LogP contribution in [0.5, 0.6) is 0 Å². The zero-order valence-corrected chi connectivity index (χ0v) is 47.7. The maximum absolute atomic E-state index is 12.8. The van der Waals surface area contributed by atoms with E-state index in [0.29, 0.717) is 19.3 Å². The summed E-state index contributed by atoms with van der Waals surface area (Å²) < 4.78 is 16.8. The van der Waals surface area contributed by atoms with Crippen LogP contribution in [-0.2, 0) is 28.6 Å². The highest BCUT2D eigenvalue weighted by Crippen LogP contribution is 2.16. The molecule has 0 aliphatic carbocycles. The number of unbranched alkanes of at least 4 members (excludes halogenated alkanes) is 33. The number of rotatable bonds is 56. The maximum atomic E-state index is 12.8. The minimum Gasteiger partial charge on any atom is -0.462 e. The molecule has 1 unspecified atom stereocenters. The molecule has 1 atom stereocenters. The molecule has 0 heterocycles. The van der Waals surface area contributed by atoms with Gasteiger partial charge < -0.3 is 14.2 Å². The molecule has 0 amide bonds. The number of allylic oxidation sites excluding steroid dienone is 12. The Morgan fingerprint density at radius 2 is 0.542 bits per heavy atom. The minimum absolute atomic E-state index is 0.0789. The molecule has 416 valence electrons. The van der Waals surface area contributed by atoms with Crippen LogP contribution < -0.4 is 0 Å². The zero-order valence-electron chi connectivity index (χ0n) is 47.7. The smallest absolute Gasteiger partial charge is 0.306 e. The van der Waals surface area contributed by atoms with E-state index in [1.165, 1.54) is 167 Å². The normalized spacial score (nSPS) is 12.5. The van der Waals surface area contributed by atoms with Gasteiger partial charge in [0.15, 0.2) is 6.10 Å². The Bertz CT molecular complexity index is 1340. The van der Waals surface area contributed by atoms with Gasteiger partial charge >= 0.3 is 17.9 Å².